The summed E-state index contributed by atoms with van der Waals surface area (Å²) in [4.78, 5) is 34.0. The molecule has 0 unspecified atom stereocenters. The minimum absolute atomic E-state index is 0.193. The van der Waals surface area contributed by atoms with Gasteiger partial charge in [-0.25, -0.2) is 4.79 Å². The topological polar surface area (TPSA) is 95.8 Å². The van der Waals surface area contributed by atoms with Crippen LogP contribution in [0.2, 0.25) is 0 Å². The van der Waals surface area contributed by atoms with Crippen LogP contribution in [-0.2, 0) is 17.3 Å². The number of nitrogens with zero attached hydrogens (tertiary/aromatic N) is 4. The second-order valence-electron chi connectivity index (χ2n) is 9.13. The molecule has 35 heavy (non-hydrogen) atoms. The summed E-state index contributed by atoms with van der Waals surface area (Å²) in [6.07, 6.45) is 5.35. The normalized spacial score (nSPS) is 11.6. The molecular formula is C28H25N5O2. The number of aromatic nitrogens is 4. The van der Waals surface area contributed by atoms with Crippen LogP contribution in [0.1, 0.15) is 19.4 Å². The van der Waals surface area contributed by atoms with E-state index >= 15 is 0 Å². The molecule has 0 saturated carbocycles. The molecule has 1 amide bonds. The Morgan fingerprint density at radius 3 is 2.43 bits per heavy atom. The lowest BCUT2D eigenvalue weighted by molar-refractivity contribution is -0.122. The minimum Gasteiger partial charge on any atom is -0.369 e. The molecule has 0 aliphatic rings. The highest BCUT2D eigenvalue weighted by atomic mass is 16.2. The van der Waals surface area contributed by atoms with Crippen molar-refractivity contribution in [2.45, 2.75) is 19.3 Å². The number of amides is 1. The summed E-state index contributed by atoms with van der Waals surface area (Å²) in [5.74, 6) is -0.410. The predicted molar refractivity (Wildman–Crippen MR) is 137 cm³/mol. The molecule has 3 aromatic heterocycles. The Morgan fingerprint density at radius 2 is 1.69 bits per heavy atom. The van der Waals surface area contributed by atoms with E-state index in [1.807, 2.05) is 66.9 Å². The van der Waals surface area contributed by atoms with Gasteiger partial charge in [0.05, 0.1) is 28.0 Å². The fourth-order valence-corrected chi connectivity index (χ4v) is 4.14. The molecule has 0 aliphatic heterocycles. The van der Waals surface area contributed by atoms with Crippen molar-refractivity contribution in [3.05, 3.63) is 101 Å². The van der Waals surface area contributed by atoms with Gasteiger partial charge in [-0.15, -0.1) is 0 Å². The molecule has 0 spiro atoms. The molecule has 2 aromatic carbocycles. The molecule has 7 nitrogen and oxygen atoms in total. The van der Waals surface area contributed by atoms with Crippen LogP contribution in [0, 0.1) is 0 Å². The third kappa shape index (κ3) is 3.91. The number of imidazole rings is 1. The molecule has 0 bridgehead atoms. The Bertz CT molecular complexity index is 1630. The van der Waals surface area contributed by atoms with Gasteiger partial charge in [0.25, 0.3) is 0 Å². The Hall–Kier alpha value is -4.52. The first kappa shape index (κ1) is 22.3. The Labute approximate surface area is 202 Å². The summed E-state index contributed by atoms with van der Waals surface area (Å²) in [6, 6.07) is 21.3. The molecule has 3 heterocycles. The molecule has 0 radical (unpaired) electrons. The van der Waals surface area contributed by atoms with Crippen LogP contribution < -0.4 is 11.4 Å². The number of hydrogen-bond donors (Lipinski definition) is 1. The molecule has 0 atom stereocenters. The van der Waals surface area contributed by atoms with E-state index in [0.717, 1.165) is 27.6 Å². The van der Waals surface area contributed by atoms with Gasteiger partial charge >= 0.3 is 5.69 Å². The monoisotopic (exact) mass is 463 g/mol. The van der Waals surface area contributed by atoms with Gasteiger partial charge in [-0.1, -0.05) is 30.3 Å². The third-order valence-electron chi connectivity index (χ3n) is 6.46. The van der Waals surface area contributed by atoms with Crippen LogP contribution in [0.5, 0.6) is 0 Å². The average molecular weight is 464 g/mol. The number of pyridine rings is 2. The van der Waals surface area contributed by atoms with E-state index in [2.05, 4.69) is 16.0 Å². The van der Waals surface area contributed by atoms with Gasteiger partial charge in [0.2, 0.25) is 5.91 Å². The van der Waals surface area contributed by atoms with Crippen molar-refractivity contribution in [1.29, 1.82) is 0 Å². The fourth-order valence-electron chi connectivity index (χ4n) is 4.14. The van der Waals surface area contributed by atoms with Crippen LogP contribution in [0.25, 0.3) is 39.1 Å². The Kier molecular flexibility index (Phi) is 5.32. The maximum absolute atomic E-state index is 13.1. The number of nitrogens with two attached hydrogens (primary N) is 1. The zero-order valence-corrected chi connectivity index (χ0v) is 19.8. The summed E-state index contributed by atoms with van der Waals surface area (Å²) >= 11 is 0. The summed E-state index contributed by atoms with van der Waals surface area (Å²) < 4.78 is 3.15. The number of benzene rings is 2. The van der Waals surface area contributed by atoms with E-state index in [4.69, 9.17) is 5.73 Å². The third-order valence-corrected chi connectivity index (χ3v) is 6.46. The van der Waals surface area contributed by atoms with E-state index in [1.54, 1.807) is 37.9 Å². The van der Waals surface area contributed by atoms with Crippen molar-refractivity contribution in [2.24, 2.45) is 12.8 Å². The molecule has 7 heteroatoms. The van der Waals surface area contributed by atoms with Crippen molar-refractivity contribution in [3.8, 4) is 28.2 Å². The van der Waals surface area contributed by atoms with E-state index < -0.39 is 11.3 Å². The maximum atomic E-state index is 13.1. The van der Waals surface area contributed by atoms with E-state index in [1.165, 1.54) is 4.57 Å². The standard InChI is InChI=1S/C28H25N5O2/c1-28(2,26(29)34)21-8-10-22(11-9-21)33-25(17-32(3)27(33)35)24-15-18(12-13-30-24)20-14-19-6-4-5-7-23(19)31-16-20/h4-17H,1-3H3,(H2,29,34). The zero-order valence-electron chi connectivity index (χ0n) is 19.8. The number of aryl methyl sites for hydroxylation is 1. The quantitative estimate of drug-likeness (QED) is 0.422. The lowest BCUT2D eigenvalue weighted by Gasteiger charge is -2.21. The molecule has 0 aliphatic carbocycles. The Morgan fingerprint density at radius 1 is 0.943 bits per heavy atom. The highest BCUT2D eigenvalue weighted by Crippen LogP contribution is 2.28. The lowest BCUT2D eigenvalue weighted by Crippen LogP contribution is -2.35. The molecule has 2 N–H and O–H groups in total. The first-order valence-corrected chi connectivity index (χ1v) is 11.3. The van der Waals surface area contributed by atoms with Gasteiger partial charge in [-0.05, 0) is 61.4 Å². The van der Waals surface area contributed by atoms with Crippen molar-refractivity contribution >= 4 is 16.8 Å². The van der Waals surface area contributed by atoms with Gasteiger partial charge in [0, 0.05) is 36.6 Å². The van der Waals surface area contributed by atoms with Crippen LogP contribution >= 0.6 is 0 Å². The maximum Gasteiger partial charge on any atom is 0.333 e. The summed E-state index contributed by atoms with van der Waals surface area (Å²) in [5.41, 5.74) is 10.2. The van der Waals surface area contributed by atoms with Gasteiger partial charge in [-0.3, -0.25) is 19.3 Å². The van der Waals surface area contributed by atoms with Crippen molar-refractivity contribution in [1.82, 2.24) is 19.1 Å². The highest BCUT2D eigenvalue weighted by molar-refractivity contribution is 5.86. The molecule has 174 valence electrons. The minimum atomic E-state index is -0.813. The van der Waals surface area contributed by atoms with Crippen LogP contribution in [0.15, 0.2) is 90.1 Å². The van der Waals surface area contributed by atoms with Crippen molar-refractivity contribution in [2.75, 3.05) is 0 Å². The van der Waals surface area contributed by atoms with Gasteiger partial charge < -0.3 is 10.3 Å². The van der Waals surface area contributed by atoms with Crippen molar-refractivity contribution in [3.63, 3.8) is 0 Å². The predicted octanol–water partition coefficient (Wildman–Crippen LogP) is 4.22. The lowest BCUT2D eigenvalue weighted by atomic mass is 9.84. The van der Waals surface area contributed by atoms with Crippen LogP contribution in [0.4, 0.5) is 0 Å². The highest BCUT2D eigenvalue weighted by Gasteiger charge is 2.27. The van der Waals surface area contributed by atoms with E-state index in [-0.39, 0.29) is 5.69 Å². The van der Waals surface area contributed by atoms with E-state index in [0.29, 0.717) is 17.1 Å². The van der Waals surface area contributed by atoms with Crippen LogP contribution in [-0.4, -0.2) is 25.0 Å². The number of fused-ring (bicyclic) bond motifs is 1. The Balaban J connectivity index is 1.59. The van der Waals surface area contributed by atoms with Crippen molar-refractivity contribution < 1.29 is 4.79 Å². The number of carbonyl (C=O) groups is 1. The second-order valence-corrected chi connectivity index (χ2v) is 9.13. The zero-order chi connectivity index (χ0) is 24.7. The molecule has 5 rings (SSSR count). The van der Waals surface area contributed by atoms with Gasteiger partial charge in [0.1, 0.15) is 0 Å². The number of para-hydroxylation sites is 1. The average Bonchev–Trinajstić information content (AvgIpc) is 3.17. The summed E-state index contributed by atoms with van der Waals surface area (Å²) in [7, 11) is 1.71. The van der Waals surface area contributed by atoms with E-state index in [9.17, 15) is 9.59 Å². The summed E-state index contributed by atoms with van der Waals surface area (Å²) in [5, 5.41) is 1.05. The number of rotatable bonds is 5. The molecule has 0 saturated heterocycles. The van der Waals surface area contributed by atoms with Crippen LogP contribution in [0.3, 0.4) is 0 Å². The molecular weight excluding hydrogens is 438 g/mol. The number of hydrogen-bond acceptors (Lipinski definition) is 4. The second kappa shape index (κ2) is 8.36. The largest absolute Gasteiger partial charge is 0.369 e. The first-order chi connectivity index (χ1) is 16.8. The first-order valence-electron chi connectivity index (χ1n) is 11.3. The molecule has 0 fully saturated rings. The SMILES string of the molecule is Cn1cc(-c2cc(-c3cnc4ccccc4c3)ccn2)n(-c2ccc(C(C)(C)C(N)=O)cc2)c1=O. The summed E-state index contributed by atoms with van der Waals surface area (Å²) in [6.45, 7) is 3.56. The number of primary amides is 1. The van der Waals surface area contributed by atoms with Gasteiger partial charge in [0.15, 0.2) is 0 Å². The fraction of sp³-hybridized carbons (Fsp3) is 0.143. The van der Waals surface area contributed by atoms with Gasteiger partial charge in [-0.2, -0.15) is 0 Å². The number of carbonyl (C=O) groups excluding carboxylic acids is 1. The molecule has 5 aromatic rings. The smallest absolute Gasteiger partial charge is 0.333 e.